The maximum absolute atomic E-state index is 9.52. The first kappa shape index (κ1) is 14.2. The van der Waals surface area contributed by atoms with Gasteiger partial charge in [0.1, 0.15) is 5.52 Å². The first-order valence-corrected chi connectivity index (χ1v) is 8.00. The average molecular weight is 308 g/mol. The minimum atomic E-state index is 0.0990. The van der Waals surface area contributed by atoms with Crippen LogP contribution in [-0.2, 0) is 0 Å². The second-order valence-electron chi connectivity index (χ2n) is 6.18. The zero-order valence-electron chi connectivity index (χ0n) is 13.1. The predicted octanol–water partition coefficient (Wildman–Crippen LogP) is 2.47. The molecule has 2 aromatic carbocycles. The first-order valence-electron chi connectivity index (χ1n) is 8.00. The number of anilines is 1. The normalized spacial score (nSPS) is 20.7. The molecule has 0 fully saturated rings. The molecule has 3 aromatic rings. The van der Waals surface area contributed by atoms with E-state index >= 15 is 0 Å². The third-order valence-corrected chi connectivity index (χ3v) is 4.76. The Morgan fingerprint density at radius 2 is 1.91 bits per heavy atom. The standard InChI is InChI=1S/C18H20N4O/c1-21-12-13(10-11-23)18(14-6-2-4-8-16(14)21)22-17-9-5-3-7-15(17)19-20-22/h2-9,13,18,23H,10-12H2,1H3. The summed E-state index contributed by atoms with van der Waals surface area (Å²) in [5.74, 6) is 0.296. The van der Waals surface area contributed by atoms with Crippen LogP contribution >= 0.6 is 0 Å². The van der Waals surface area contributed by atoms with E-state index in [-0.39, 0.29) is 12.6 Å². The molecule has 1 aromatic heterocycles. The molecule has 0 saturated carbocycles. The van der Waals surface area contributed by atoms with Crippen molar-refractivity contribution in [2.45, 2.75) is 12.5 Å². The van der Waals surface area contributed by atoms with Crippen molar-refractivity contribution in [3.8, 4) is 0 Å². The third kappa shape index (κ3) is 2.28. The molecule has 1 aliphatic heterocycles. The fraction of sp³-hybridized carbons (Fsp3) is 0.333. The molecule has 5 nitrogen and oxygen atoms in total. The zero-order chi connectivity index (χ0) is 15.8. The number of rotatable bonds is 3. The molecule has 0 aliphatic carbocycles. The van der Waals surface area contributed by atoms with Gasteiger partial charge in [-0.2, -0.15) is 0 Å². The van der Waals surface area contributed by atoms with Crippen LogP contribution in [0, 0.1) is 5.92 Å². The van der Waals surface area contributed by atoms with Crippen LogP contribution in [0.15, 0.2) is 48.5 Å². The number of para-hydroxylation sites is 2. The van der Waals surface area contributed by atoms with E-state index in [0.29, 0.717) is 5.92 Å². The lowest BCUT2D eigenvalue weighted by atomic mass is 9.85. The minimum Gasteiger partial charge on any atom is -0.396 e. The van der Waals surface area contributed by atoms with E-state index in [4.69, 9.17) is 0 Å². The Morgan fingerprint density at radius 3 is 2.78 bits per heavy atom. The van der Waals surface area contributed by atoms with E-state index in [1.165, 1.54) is 11.3 Å². The number of aliphatic hydroxyl groups is 1. The largest absolute Gasteiger partial charge is 0.396 e. The van der Waals surface area contributed by atoms with Gasteiger partial charge in [-0.05, 0) is 24.6 Å². The Balaban J connectivity index is 1.90. The van der Waals surface area contributed by atoms with Gasteiger partial charge in [-0.25, -0.2) is 4.68 Å². The number of hydrogen-bond acceptors (Lipinski definition) is 4. The first-order chi connectivity index (χ1) is 11.3. The molecule has 118 valence electrons. The van der Waals surface area contributed by atoms with E-state index in [2.05, 4.69) is 52.6 Å². The van der Waals surface area contributed by atoms with Gasteiger partial charge in [0.05, 0.1) is 11.6 Å². The van der Waals surface area contributed by atoms with E-state index in [0.717, 1.165) is 24.0 Å². The summed E-state index contributed by atoms with van der Waals surface area (Å²) in [6, 6.07) is 16.6. The third-order valence-electron chi connectivity index (χ3n) is 4.76. The van der Waals surface area contributed by atoms with Gasteiger partial charge >= 0.3 is 0 Å². The van der Waals surface area contributed by atoms with Crippen LogP contribution in [0.4, 0.5) is 5.69 Å². The Morgan fingerprint density at radius 1 is 1.13 bits per heavy atom. The molecule has 5 heteroatoms. The fourth-order valence-electron chi connectivity index (χ4n) is 3.73. The molecule has 2 unspecified atom stereocenters. The topological polar surface area (TPSA) is 54.2 Å². The molecular formula is C18H20N4O. The Labute approximate surface area is 135 Å². The van der Waals surface area contributed by atoms with Crippen LogP contribution in [0.25, 0.3) is 11.0 Å². The quantitative estimate of drug-likeness (QED) is 0.807. The summed E-state index contributed by atoms with van der Waals surface area (Å²) in [5.41, 5.74) is 4.42. The minimum absolute atomic E-state index is 0.0990. The molecule has 1 aliphatic rings. The number of aromatic nitrogens is 3. The molecule has 0 amide bonds. The number of benzene rings is 2. The molecule has 0 bridgehead atoms. The Hall–Kier alpha value is -2.40. The van der Waals surface area contributed by atoms with E-state index in [9.17, 15) is 5.11 Å². The van der Waals surface area contributed by atoms with Gasteiger partial charge < -0.3 is 10.0 Å². The van der Waals surface area contributed by atoms with Gasteiger partial charge in [-0.15, -0.1) is 5.10 Å². The van der Waals surface area contributed by atoms with Crippen molar-refractivity contribution in [2.24, 2.45) is 5.92 Å². The number of nitrogens with zero attached hydrogens (tertiary/aromatic N) is 4. The molecular weight excluding hydrogens is 288 g/mol. The zero-order valence-corrected chi connectivity index (χ0v) is 13.1. The van der Waals surface area contributed by atoms with Gasteiger partial charge in [0.25, 0.3) is 0 Å². The van der Waals surface area contributed by atoms with Gasteiger partial charge in [-0.1, -0.05) is 35.5 Å². The van der Waals surface area contributed by atoms with Crippen molar-refractivity contribution in [3.63, 3.8) is 0 Å². The van der Waals surface area contributed by atoms with Crippen LogP contribution in [0.5, 0.6) is 0 Å². The van der Waals surface area contributed by atoms with Crippen LogP contribution in [0.1, 0.15) is 18.0 Å². The molecule has 1 N–H and O–H groups in total. The lowest BCUT2D eigenvalue weighted by molar-refractivity contribution is 0.226. The van der Waals surface area contributed by atoms with Crippen molar-refractivity contribution in [3.05, 3.63) is 54.1 Å². The number of fused-ring (bicyclic) bond motifs is 2. The van der Waals surface area contributed by atoms with Crippen molar-refractivity contribution >= 4 is 16.7 Å². The maximum atomic E-state index is 9.52. The van der Waals surface area contributed by atoms with Gasteiger partial charge in [0.2, 0.25) is 0 Å². The highest BCUT2D eigenvalue weighted by Crippen LogP contribution is 2.40. The van der Waals surface area contributed by atoms with Crippen LogP contribution in [0.3, 0.4) is 0 Å². The summed E-state index contributed by atoms with van der Waals surface area (Å²) in [6.07, 6.45) is 0.748. The van der Waals surface area contributed by atoms with Crippen molar-refractivity contribution in [2.75, 3.05) is 25.1 Å². The summed E-state index contributed by atoms with van der Waals surface area (Å²) in [7, 11) is 2.11. The van der Waals surface area contributed by atoms with Crippen LogP contribution < -0.4 is 4.90 Å². The predicted molar refractivity (Wildman–Crippen MR) is 90.6 cm³/mol. The fourth-order valence-corrected chi connectivity index (χ4v) is 3.73. The van der Waals surface area contributed by atoms with Crippen molar-refractivity contribution in [1.82, 2.24) is 15.0 Å². The second kappa shape index (κ2) is 5.66. The van der Waals surface area contributed by atoms with E-state index in [1.54, 1.807) is 0 Å². The smallest absolute Gasteiger partial charge is 0.113 e. The summed E-state index contributed by atoms with van der Waals surface area (Å²) in [5, 5.41) is 18.3. The summed E-state index contributed by atoms with van der Waals surface area (Å²) in [6.45, 7) is 1.08. The SMILES string of the molecule is CN1CC(CCO)C(n2nnc3ccccc32)c2ccccc21. The Kier molecular flexibility index (Phi) is 3.50. The van der Waals surface area contributed by atoms with Gasteiger partial charge in [0.15, 0.2) is 0 Å². The van der Waals surface area contributed by atoms with Gasteiger partial charge in [0, 0.05) is 37.4 Å². The van der Waals surface area contributed by atoms with Crippen LogP contribution in [0.2, 0.25) is 0 Å². The highest BCUT2D eigenvalue weighted by molar-refractivity contribution is 5.74. The molecule has 23 heavy (non-hydrogen) atoms. The lowest BCUT2D eigenvalue weighted by Crippen LogP contribution is -2.38. The lowest BCUT2D eigenvalue weighted by Gasteiger charge is -2.39. The number of hydrogen-bond donors (Lipinski definition) is 1. The van der Waals surface area contributed by atoms with Crippen molar-refractivity contribution < 1.29 is 5.11 Å². The van der Waals surface area contributed by atoms with E-state index < -0.39 is 0 Å². The monoisotopic (exact) mass is 308 g/mol. The van der Waals surface area contributed by atoms with Crippen LogP contribution in [-0.4, -0.2) is 40.3 Å². The van der Waals surface area contributed by atoms with Gasteiger partial charge in [-0.3, -0.25) is 0 Å². The number of aliphatic hydroxyl groups excluding tert-OH is 1. The summed E-state index contributed by atoms with van der Waals surface area (Å²) in [4.78, 5) is 2.27. The van der Waals surface area contributed by atoms with Crippen molar-refractivity contribution in [1.29, 1.82) is 0 Å². The second-order valence-corrected chi connectivity index (χ2v) is 6.18. The van der Waals surface area contributed by atoms with E-state index in [1.807, 2.05) is 22.9 Å². The molecule has 0 spiro atoms. The molecule has 2 heterocycles. The average Bonchev–Trinajstić information content (AvgIpc) is 2.99. The summed E-state index contributed by atoms with van der Waals surface area (Å²) >= 11 is 0. The maximum Gasteiger partial charge on any atom is 0.113 e. The molecule has 0 radical (unpaired) electrons. The Bertz CT molecular complexity index is 829. The summed E-state index contributed by atoms with van der Waals surface area (Å²) < 4.78 is 2.03. The highest BCUT2D eigenvalue weighted by Gasteiger charge is 2.34. The molecule has 4 rings (SSSR count). The highest BCUT2D eigenvalue weighted by atomic mass is 16.3. The molecule has 2 atom stereocenters. The molecule has 0 saturated heterocycles.